The molecule has 0 bridgehead atoms. The molecule has 22 heavy (non-hydrogen) atoms. The summed E-state index contributed by atoms with van der Waals surface area (Å²) in [7, 11) is 1.68. The summed E-state index contributed by atoms with van der Waals surface area (Å²) >= 11 is 7.65. The van der Waals surface area contributed by atoms with E-state index in [1.165, 1.54) is 4.88 Å². The van der Waals surface area contributed by atoms with Crippen LogP contribution in [0.1, 0.15) is 35.4 Å². The molecule has 0 spiro atoms. The molecule has 0 aromatic carbocycles. The van der Waals surface area contributed by atoms with Crippen molar-refractivity contribution in [2.24, 2.45) is 0 Å². The van der Waals surface area contributed by atoms with Crippen LogP contribution in [0.15, 0.2) is 16.7 Å². The van der Waals surface area contributed by atoms with E-state index in [4.69, 9.17) is 20.9 Å². The van der Waals surface area contributed by atoms with Gasteiger partial charge in [0.05, 0.1) is 16.9 Å². The Morgan fingerprint density at radius 2 is 2.41 bits per heavy atom. The molecule has 3 heterocycles. The highest BCUT2D eigenvalue weighted by Gasteiger charge is 2.26. The third-order valence-electron chi connectivity index (χ3n) is 3.88. The van der Waals surface area contributed by atoms with Gasteiger partial charge >= 0.3 is 0 Å². The third-order valence-corrected chi connectivity index (χ3v) is 5.09. The van der Waals surface area contributed by atoms with Crippen LogP contribution in [0, 0.1) is 0 Å². The van der Waals surface area contributed by atoms with Gasteiger partial charge in [0.15, 0.2) is 5.82 Å². The first kappa shape index (κ1) is 15.9. The lowest BCUT2D eigenvalue weighted by atomic mass is 9.98. The quantitative estimate of drug-likeness (QED) is 0.806. The van der Waals surface area contributed by atoms with Gasteiger partial charge < -0.3 is 9.26 Å². The second-order valence-electron chi connectivity index (χ2n) is 5.57. The topological polar surface area (TPSA) is 51.4 Å². The number of aromatic nitrogens is 2. The zero-order valence-corrected chi connectivity index (χ0v) is 14.2. The number of likely N-dealkylation sites (tertiary alicyclic amines) is 1. The van der Waals surface area contributed by atoms with Crippen LogP contribution in [0.25, 0.3) is 0 Å². The van der Waals surface area contributed by atoms with E-state index in [-0.39, 0.29) is 0 Å². The van der Waals surface area contributed by atoms with Crippen molar-refractivity contribution in [1.29, 1.82) is 0 Å². The van der Waals surface area contributed by atoms with E-state index in [9.17, 15) is 0 Å². The van der Waals surface area contributed by atoms with Crippen molar-refractivity contribution in [1.82, 2.24) is 15.0 Å². The largest absolute Gasteiger partial charge is 0.384 e. The van der Waals surface area contributed by atoms with Crippen molar-refractivity contribution in [2.75, 3.05) is 26.8 Å². The normalized spacial score (nSPS) is 19.6. The number of nitrogens with zero attached hydrogens (tertiary/aromatic N) is 3. The summed E-state index contributed by atoms with van der Waals surface area (Å²) in [5.74, 6) is 1.83. The van der Waals surface area contributed by atoms with Crippen molar-refractivity contribution in [3.63, 3.8) is 0 Å². The summed E-state index contributed by atoms with van der Waals surface area (Å²) in [5.41, 5.74) is 0. The number of hydrogen-bond acceptors (Lipinski definition) is 6. The van der Waals surface area contributed by atoms with Crippen LogP contribution in [0.2, 0.25) is 4.34 Å². The molecule has 2 aromatic heterocycles. The summed E-state index contributed by atoms with van der Waals surface area (Å²) in [6.07, 6.45) is 2.96. The highest BCUT2D eigenvalue weighted by atomic mass is 35.5. The maximum absolute atomic E-state index is 6.00. The standard InChI is InChI=1S/C15H20ClN3O2S/c1-20-8-6-14-17-15(21-18-14)11-3-2-7-19(9-11)10-12-4-5-13(16)22-12/h4-5,11H,2-3,6-10H2,1H3/t11-/m0/s1. The van der Waals surface area contributed by atoms with Crippen LogP contribution >= 0.6 is 22.9 Å². The summed E-state index contributed by atoms with van der Waals surface area (Å²) in [4.78, 5) is 8.26. The fourth-order valence-corrected chi connectivity index (χ4v) is 3.92. The molecule has 7 heteroatoms. The second-order valence-corrected chi connectivity index (χ2v) is 7.37. The lowest BCUT2D eigenvalue weighted by Crippen LogP contribution is -2.33. The molecule has 2 aromatic rings. The third kappa shape index (κ3) is 4.07. The van der Waals surface area contributed by atoms with Gasteiger partial charge in [0, 0.05) is 31.5 Å². The van der Waals surface area contributed by atoms with Crippen LogP contribution in [0.3, 0.4) is 0 Å². The Morgan fingerprint density at radius 1 is 1.50 bits per heavy atom. The Hall–Kier alpha value is -0.950. The molecular formula is C15H20ClN3O2S. The van der Waals surface area contributed by atoms with Crippen molar-refractivity contribution in [3.8, 4) is 0 Å². The minimum Gasteiger partial charge on any atom is -0.384 e. The SMILES string of the molecule is COCCc1noc([C@H]2CCCN(Cc3ccc(Cl)s3)C2)n1. The Kier molecular flexibility index (Phi) is 5.46. The van der Waals surface area contributed by atoms with Crippen molar-refractivity contribution < 1.29 is 9.26 Å². The Balaban J connectivity index is 1.59. The van der Waals surface area contributed by atoms with Crippen LogP contribution in [-0.4, -0.2) is 41.8 Å². The van der Waals surface area contributed by atoms with Gasteiger partial charge in [0.2, 0.25) is 5.89 Å². The number of methoxy groups -OCH3 is 1. The molecular weight excluding hydrogens is 322 g/mol. The van der Waals surface area contributed by atoms with Gasteiger partial charge in [-0.3, -0.25) is 4.90 Å². The van der Waals surface area contributed by atoms with E-state index in [0.29, 0.717) is 18.9 Å². The average Bonchev–Trinajstić information content (AvgIpc) is 3.15. The van der Waals surface area contributed by atoms with Gasteiger partial charge in [-0.1, -0.05) is 16.8 Å². The molecule has 3 rings (SSSR count). The van der Waals surface area contributed by atoms with Crippen LogP contribution in [0.5, 0.6) is 0 Å². The smallest absolute Gasteiger partial charge is 0.231 e. The molecule has 0 amide bonds. The van der Waals surface area contributed by atoms with E-state index < -0.39 is 0 Å². The minimum atomic E-state index is 0.327. The van der Waals surface area contributed by atoms with Crippen LogP contribution in [0.4, 0.5) is 0 Å². The minimum absolute atomic E-state index is 0.327. The first-order valence-electron chi connectivity index (χ1n) is 7.52. The Bertz CT molecular complexity index is 601. The number of thiophene rings is 1. The highest BCUT2D eigenvalue weighted by Crippen LogP contribution is 2.29. The van der Waals surface area contributed by atoms with Gasteiger partial charge in [0.25, 0.3) is 0 Å². The molecule has 1 fully saturated rings. The first-order chi connectivity index (χ1) is 10.7. The maximum Gasteiger partial charge on any atom is 0.231 e. The Labute approximate surface area is 139 Å². The molecule has 0 unspecified atom stereocenters. The zero-order chi connectivity index (χ0) is 15.4. The molecule has 5 nitrogen and oxygen atoms in total. The van der Waals surface area contributed by atoms with Crippen molar-refractivity contribution in [3.05, 3.63) is 33.1 Å². The molecule has 0 N–H and O–H groups in total. The lowest BCUT2D eigenvalue weighted by Gasteiger charge is -2.30. The molecule has 1 atom stereocenters. The highest BCUT2D eigenvalue weighted by molar-refractivity contribution is 7.16. The summed E-state index contributed by atoms with van der Waals surface area (Å²) in [6, 6.07) is 4.06. The van der Waals surface area contributed by atoms with E-state index in [1.807, 2.05) is 6.07 Å². The monoisotopic (exact) mass is 341 g/mol. The molecule has 1 aliphatic rings. The van der Waals surface area contributed by atoms with Gasteiger partial charge in [-0.2, -0.15) is 4.98 Å². The number of hydrogen-bond donors (Lipinski definition) is 0. The van der Waals surface area contributed by atoms with Crippen molar-refractivity contribution in [2.45, 2.75) is 31.7 Å². The maximum atomic E-state index is 6.00. The van der Waals surface area contributed by atoms with Crippen molar-refractivity contribution >= 4 is 22.9 Å². The first-order valence-corrected chi connectivity index (χ1v) is 8.72. The Morgan fingerprint density at radius 3 is 3.18 bits per heavy atom. The lowest BCUT2D eigenvalue weighted by molar-refractivity contribution is 0.181. The predicted octanol–water partition coefficient (Wildman–Crippen LogP) is 3.35. The van der Waals surface area contributed by atoms with E-state index >= 15 is 0 Å². The van der Waals surface area contributed by atoms with Gasteiger partial charge in [-0.25, -0.2) is 0 Å². The molecule has 0 saturated carbocycles. The number of rotatable bonds is 6. The number of halogens is 1. The molecule has 120 valence electrons. The fraction of sp³-hybridized carbons (Fsp3) is 0.600. The second kappa shape index (κ2) is 7.55. The fourth-order valence-electron chi connectivity index (χ4n) is 2.79. The van der Waals surface area contributed by atoms with Crippen LogP contribution in [-0.2, 0) is 17.7 Å². The number of ether oxygens (including phenoxy) is 1. The van der Waals surface area contributed by atoms with Crippen LogP contribution < -0.4 is 0 Å². The average molecular weight is 342 g/mol. The number of piperidine rings is 1. The van der Waals surface area contributed by atoms with E-state index in [0.717, 1.165) is 48.5 Å². The van der Waals surface area contributed by atoms with Gasteiger partial charge in [0.1, 0.15) is 0 Å². The van der Waals surface area contributed by atoms with E-state index in [2.05, 4.69) is 21.1 Å². The van der Waals surface area contributed by atoms with Gasteiger partial charge in [-0.05, 0) is 31.5 Å². The van der Waals surface area contributed by atoms with Gasteiger partial charge in [-0.15, -0.1) is 11.3 Å². The summed E-state index contributed by atoms with van der Waals surface area (Å²) in [5, 5.41) is 4.04. The predicted molar refractivity (Wildman–Crippen MR) is 86.5 cm³/mol. The summed E-state index contributed by atoms with van der Waals surface area (Å²) < 4.78 is 11.3. The molecule has 0 aliphatic carbocycles. The molecule has 1 aliphatic heterocycles. The zero-order valence-electron chi connectivity index (χ0n) is 12.6. The summed E-state index contributed by atoms with van der Waals surface area (Å²) in [6.45, 7) is 3.63. The van der Waals surface area contributed by atoms with E-state index in [1.54, 1.807) is 18.4 Å². The molecule has 1 saturated heterocycles. The molecule has 0 radical (unpaired) electrons.